The van der Waals surface area contributed by atoms with Crippen molar-refractivity contribution in [3.05, 3.63) is 176 Å². The fourth-order valence-electron chi connectivity index (χ4n) is 7.00. The van der Waals surface area contributed by atoms with E-state index in [4.69, 9.17) is 4.42 Å². The van der Waals surface area contributed by atoms with Crippen molar-refractivity contribution in [2.75, 3.05) is 0 Å². The second-order valence-electron chi connectivity index (χ2n) is 11.3. The van der Waals surface area contributed by atoms with Crippen molar-refractivity contribution < 1.29 is 4.42 Å². The molecule has 9 aromatic rings. The molecule has 2 aromatic heterocycles. The Morgan fingerprint density at radius 2 is 0.889 bits per heavy atom. The second-order valence-corrected chi connectivity index (χ2v) is 14.4. The number of hydrogen-bond acceptors (Lipinski definition) is 1. The molecule has 0 N–H and O–H groups in total. The van der Waals surface area contributed by atoms with Gasteiger partial charge in [0.15, 0.2) is 0 Å². The van der Waals surface area contributed by atoms with E-state index in [-0.39, 0.29) is 0 Å². The van der Waals surface area contributed by atoms with Crippen LogP contribution in [0.3, 0.4) is 0 Å². The summed E-state index contributed by atoms with van der Waals surface area (Å²) in [5, 5.41) is 4.77. The van der Waals surface area contributed by atoms with Crippen molar-refractivity contribution >= 4 is 53.8 Å². The summed E-state index contributed by atoms with van der Waals surface area (Å²) in [6, 6.07) is 63.5. The van der Waals surface area contributed by atoms with Gasteiger partial charge in [-0.2, -0.15) is 0 Å². The Balaban J connectivity index is 1.36. The summed E-state index contributed by atoms with van der Waals surface area (Å²) in [4.78, 5) is 5.04. The zero-order valence-electron chi connectivity index (χ0n) is 24.5. The minimum Gasteiger partial charge on any atom is -0.455 e. The minimum absolute atomic E-state index is 0.893. The van der Waals surface area contributed by atoms with Crippen molar-refractivity contribution in [1.29, 1.82) is 0 Å². The average Bonchev–Trinajstić information content (AvgIpc) is 3.66. The zero-order chi connectivity index (χ0) is 29.8. The standard InChI is InChI=1S/C42H29NOS/c1-4-15-31(16-5-1)45(32-17-6-2-7-18-32,33-19-8-3-9-20-33)41-26-14-23-36-37-29-30(27-28-40(37)44-42(36)41)43-38-24-12-10-21-34(38)35-22-11-13-25-39(35)43/h1-29H. The molecule has 0 aliphatic heterocycles. The van der Waals surface area contributed by atoms with Gasteiger partial charge in [-0.3, -0.25) is 0 Å². The van der Waals surface area contributed by atoms with E-state index in [0.29, 0.717) is 0 Å². The van der Waals surface area contributed by atoms with Gasteiger partial charge >= 0.3 is 0 Å². The highest BCUT2D eigenvalue weighted by molar-refractivity contribution is 8.34. The molecular weight excluding hydrogens is 567 g/mol. The van der Waals surface area contributed by atoms with Crippen LogP contribution in [-0.2, 0) is 0 Å². The van der Waals surface area contributed by atoms with Crippen molar-refractivity contribution in [2.45, 2.75) is 19.6 Å². The maximum Gasteiger partial charge on any atom is 0.148 e. The van der Waals surface area contributed by atoms with E-state index < -0.39 is 10.0 Å². The summed E-state index contributed by atoms with van der Waals surface area (Å²) in [7, 11) is -1.90. The molecule has 0 bridgehead atoms. The smallest absolute Gasteiger partial charge is 0.148 e. The molecular formula is C42H29NOS. The highest BCUT2D eigenvalue weighted by Crippen LogP contribution is 2.74. The Morgan fingerprint density at radius 1 is 0.400 bits per heavy atom. The van der Waals surface area contributed by atoms with Gasteiger partial charge in [0.1, 0.15) is 11.2 Å². The fourth-order valence-corrected chi connectivity index (χ4v) is 11.0. The van der Waals surface area contributed by atoms with Crippen molar-refractivity contribution in [2.24, 2.45) is 0 Å². The molecule has 214 valence electrons. The van der Waals surface area contributed by atoms with Crippen LogP contribution in [0.4, 0.5) is 0 Å². The Labute approximate surface area is 263 Å². The largest absolute Gasteiger partial charge is 0.455 e. The Bertz CT molecular complexity index is 2330. The number of furan rings is 1. The Kier molecular flexibility index (Phi) is 5.93. The molecule has 0 aliphatic rings. The van der Waals surface area contributed by atoms with E-state index in [1.165, 1.54) is 41.4 Å². The van der Waals surface area contributed by atoms with Crippen LogP contribution in [-0.4, -0.2) is 4.57 Å². The Hall–Kier alpha value is -5.51. The summed E-state index contributed by atoms with van der Waals surface area (Å²) < 4.78 is 9.29. The lowest BCUT2D eigenvalue weighted by atomic mass is 10.1. The number of rotatable bonds is 5. The summed E-state index contributed by atoms with van der Waals surface area (Å²) in [5.41, 5.74) is 5.36. The van der Waals surface area contributed by atoms with Crippen molar-refractivity contribution in [1.82, 2.24) is 4.57 Å². The lowest BCUT2D eigenvalue weighted by Gasteiger charge is -2.41. The third-order valence-electron chi connectivity index (χ3n) is 8.90. The zero-order valence-corrected chi connectivity index (χ0v) is 25.3. The van der Waals surface area contributed by atoms with Crippen LogP contribution in [0.1, 0.15) is 0 Å². The van der Waals surface area contributed by atoms with E-state index in [0.717, 1.165) is 27.6 Å². The first kappa shape index (κ1) is 25.9. The van der Waals surface area contributed by atoms with E-state index in [1.54, 1.807) is 0 Å². The molecule has 2 heterocycles. The number of aromatic nitrogens is 1. The first-order valence-corrected chi connectivity index (χ1v) is 16.9. The lowest BCUT2D eigenvalue weighted by Crippen LogP contribution is -2.05. The highest BCUT2D eigenvalue weighted by Gasteiger charge is 2.35. The molecule has 45 heavy (non-hydrogen) atoms. The summed E-state index contributed by atoms with van der Waals surface area (Å²) in [6.07, 6.45) is 0. The first-order valence-electron chi connectivity index (χ1n) is 15.3. The molecule has 0 unspecified atom stereocenters. The quantitative estimate of drug-likeness (QED) is 0.194. The molecule has 0 spiro atoms. The van der Waals surface area contributed by atoms with Gasteiger partial charge in [0.2, 0.25) is 0 Å². The lowest BCUT2D eigenvalue weighted by molar-refractivity contribution is 0.659. The highest BCUT2D eigenvalue weighted by atomic mass is 32.3. The topological polar surface area (TPSA) is 18.1 Å². The van der Waals surface area contributed by atoms with Crippen molar-refractivity contribution in [3.8, 4) is 5.69 Å². The van der Waals surface area contributed by atoms with Gasteiger partial charge in [0, 0.05) is 46.8 Å². The van der Waals surface area contributed by atoms with Gasteiger partial charge in [-0.05, 0) is 72.8 Å². The predicted octanol–water partition coefficient (Wildman–Crippen LogP) is 12.0. The number of benzene rings is 7. The van der Waals surface area contributed by atoms with Gasteiger partial charge in [0.05, 0.1) is 11.0 Å². The molecule has 9 rings (SSSR count). The van der Waals surface area contributed by atoms with Crippen LogP contribution >= 0.6 is 10.0 Å². The fraction of sp³-hybridized carbons (Fsp3) is 0. The molecule has 3 heteroatoms. The third kappa shape index (κ3) is 3.84. The minimum atomic E-state index is -1.90. The number of nitrogens with zero attached hydrogens (tertiary/aromatic N) is 1. The number of para-hydroxylation sites is 3. The van der Waals surface area contributed by atoms with E-state index in [1.807, 2.05) is 0 Å². The molecule has 2 nitrogen and oxygen atoms in total. The van der Waals surface area contributed by atoms with Crippen molar-refractivity contribution in [3.63, 3.8) is 0 Å². The van der Waals surface area contributed by atoms with Crippen LogP contribution < -0.4 is 0 Å². The molecule has 0 saturated carbocycles. The molecule has 7 aromatic carbocycles. The molecule has 0 atom stereocenters. The van der Waals surface area contributed by atoms with Crippen LogP contribution in [0.5, 0.6) is 0 Å². The molecule has 0 amide bonds. The first-order chi connectivity index (χ1) is 22.3. The predicted molar refractivity (Wildman–Crippen MR) is 188 cm³/mol. The maximum atomic E-state index is 6.91. The molecule has 0 fully saturated rings. The number of hydrogen-bond donors (Lipinski definition) is 0. The SMILES string of the molecule is c1ccc(S(c2ccccc2)(c2ccccc2)c2cccc3c2oc2ccc(-n4c5ccccc5c5ccccc54)cc23)cc1. The molecule has 0 radical (unpaired) electrons. The van der Waals surface area contributed by atoms with Crippen LogP contribution in [0, 0.1) is 0 Å². The molecule has 0 aliphatic carbocycles. The number of fused-ring (bicyclic) bond motifs is 6. The van der Waals surface area contributed by atoms with E-state index in [2.05, 4.69) is 180 Å². The second kappa shape index (κ2) is 10.3. The summed E-state index contributed by atoms with van der Waals surface area (Å²) in [5.74, 6) is 0. The van der Waals surface area contributed by atoms with Gasteiger partial charge in [0.25, 0.3) is 0 Å². The Morgan fingerprint density at radius 3 is 1.44 bits per heavy atom. The van der Waals surface area contributed by atoms with Crippen LogP contribution in [0.15, 0.2) is 200 Å². The van der Waals surface area contributed by atoms with Gasteiger partial charge in [-0.25, -0.2) is 0 Å². The monoisotopic (exact) mass is 595 g/mol. The van der Waals surface area contributed by atoms with Gasteiger partial charge in [-0.15, -0.1) is 10.0 Å². The summed E-state index contributed by atoms with van der Waals surface area (Å²) in [6.45, 7) is 0. The van der Waals surface area contributed by atoms with E-state index >= 15 is 0 Å². The van der Waals surface area contributed by atoms with E-state index in [9.17, 15) is 0 Å². The van der Waals surface area contributed by atoms with Crippen LogP contribution in [0.25, 0.3) is 49.4 Å². The van der Waals surface area contributed by atoms with Gasteiger partial charge < -0.3 is 8.98 Å². The molecule has 0 saturated heterocycles. The normalized spacial score (nSPS) is 12.4. The van der Waals surface area contributed by atoms with Crippen LogP contribution in [0.2, 0.25) is 0 Å². The average molecular weight is 596 g/mol. The maximum absolute atomic E-state index is 6.91. The third-order valence-corrected chi connectivity index (χ3v) is 12.8. The van der Waals surface area contributed by atoms with Gasteiger partial charge in [-0.1, -0.05) is 103 Å². The summed E-state index contributed by atoms with van der Waals surface area (Å²) >= 11 is 0.